The maximum absolute atomic E-state index is 12.8. The molecule has 0 saturated heterocycles. The summed E-state index contributed by atoms with van der Waals surface area (Å²) in [6, 6.07) is 16.7. The first-order chi connectivity index (χ1) is 18.1. The number of carbonyl (C=O) groups is 4. The molecule has 0 aliphatic rings. The van der Waals surface area contributed by atoms with Crippen LogP contribution < -0.4 is 10.6 Å². The molecule has 3 N–H and O–H groups in total. The van der Waals surface area contributed by atoms with Crippen LogP contribution in [0.4, 0.5) is 0 Å². The van der Waals surface area contributed by atoms with Crippen LogP contribution >= 0.6 is 0 Å². The van der Waals surface area contributed by atoms with Gasteiger partial charge in [-0.05, 0) is 42.4 Å². The average molecular weight is 525 g/mol. The first-order valence-corrected chi connectivity index (χ1v) is 13.3. The van der Waals surface area contributed by atoms with Gasteiger partial charge in [-0.15, -0.1) is 0 Å². The maximum atomic E-state index is 12.8. The van der Waals surface area contributed by atoms with Crippen molar-refractivity contribution in [2.45, 2.75) is 71.9 Å². The highest BCUT2D eigenvalue weighted by Gasteiger charge is 2.26. The third-order valence-electron chi connectivity index (χ3n) is 6.61. The number of nitrogens with one attached hydrogen (secondary N) is 2. The predicted octanol–water partition coefficient (Wildman–Crippen LogP) is 4.37. The van der Waals surface area contributed by atoms with Crippen molar-refractivity contribution in [3.63, 3.8) is 0 Å². The van der Waals surface area contributed by atoms with Gasteiger partial charge in [-0.1, -0.05) is 81.8 Å². The number of carbonyl (C=O) groups excluding carboxylic acids is 3. The largest absolute Gasteiger partial charge is 0.480 e. The lowest BCUT2D eigenvalue weighted by Gasteiger charge is -2.22. The van der Waals surface area contributed by atoms with E-state index in [0.717, 1.165) is 16.7 Å². The summed E-state index contributed by atoms with van der Waals surface area (Å²) in [6.07, 6.45) is 1.27. The molecule has 0 radical (unpaired) electrons. The van der Waals surface area contributed by atoms with Gasteiger partial charge in [0.15, 0.2) is 0 Å². The molecule has 0 saturated carbocycles. The van der Waals surface area contributed by atoms with Gasteiger partial charge in [-0.25, -0.2) is 4.79 Å². The van der Waals surface area contributed by atoms with E-state index in [4.69, 9.17) is 4.74 Å². The number of benzene rings is 2. The Morgan fingerprint density at radius 1 is 0.842 bits per heavy atom. The van der Waals surface area contributed by atoms with E-state index >= 15 is 0 Å². The Morgan fingerprint density at radius 2 is 1.42 bits per heavy atom. The number of rotatable bonds is 15. The zero-order chi connectivity index (χ0) is 28.1. The van der Waals surface area contributed by atoms with Gasteiger partial charge in [0.1, 0.15) is 6.04 Å². The van der Waals surface area contributed by atoms with E-state index < -0.39 is 23.8 Å². The fraction of sp³-hybridized carbons (Fsp3) is 0.467. The smallest absolute Gasteiger partial charge is 0.326 e. The molecular weight excluding hydrogens is 484 g/mol. The lowest BCUT2D eigenvalue weighted by atomic mass is 9.94. The molecule has 4 atom stereocenters. The molecule has 0 aliphatic carbocycles. The number of hydrogen-bond acceptors (Lipinski definition) is 5. The fourth-order valence-corrected chi connectivity index (χ4v) is 4.20. The van der Waals surface area contributed by atoms with Crippen LogP contribution in [0.5, 0.6) is 0 Å². The van der Waals surface area contributed by atoms with Crippen LogP contribution in [0.3, 0.4) is 0 Å². The van der Waals surface area contributed by atoms with Crippen molar-refractivity contribution in [1.82, 2.24) is 10.6 Å². The monoisotopic (exact) mass is 524 g/mol. The molecule has 2 aromatic carbocycles. The van der Waals surface area contributed by atoms with Gasteiger partial charge >= 0.3 is 11.9 Å². The normalized spacial score (nSPS) is 14.0. The van der Waals surface area contributed by atoms with Gasteiger partial charge in [-0.3, -0.25) is 14.4 Å². The summed E-state index contributed by atoms with van der Waals surface area (Å²) in [4.78, 5) is 48.8. The lowest BCUT2D eigenvalue weighted by molar-refractivity contribution is -0.148. The van der Waals surface area contributed by atoms with Gasteiger partial charge in [0.2, 0.25) is 11.8 Å². The molecular formula is C30H40N2O6. The Morgan fingerprint density at radius 3 is 1.97 bits per heavy atom. The summed E-state index contributed by atoms with van der Waals surface area (Å²) in [7, 11) is 0. The number of esters is 1. The minimum atomic E-state index is -1.09. The Hall–Kier alpha value is -3.68. The molecule has 38 heavy (non-hydrogen) atoms. The number of hydrogen-bond donors (Lipinski definition) is 3. The standard InChI is InChI=1S/C30H40N2O6/c1-5-20(3)28(29(35)36)32-27(34)17-16-26(33)31-25(18-21(4)30(37)38-6-2)19-22-12-14-24(15-13-22)23-10-8-7-9-11-23/h7-15,20-21,25,28H,5-6,16-19H2,1-4H3,(H,31,33)(H,32,34)(H,35,36). The summed E-state index contributed by atoms with van der Waals surface area (Å²) >= 11 is 0. The zero-order valence-electron chi connectivity index (χ0n) is 22.7. The van der Waals surface area contributed by atoms with Crippen LogP contribution in [0.2, 0.25) is 0 Å². The molecule has 0 heterocycles. The molecule has 0 aliphatic heterocycles. The highest BCUT2D eigenvalue weighted by Crippen LogP contribution is 2.21. The molecule has 2 amide bonds. The molecule has 2 aromatic rings. The van der Waals surface area contributed by atoms with Gasteiger partial charge < -0.3 is 20.5 Å². The summed E-state index contributed by atoms with van der Waals surface area (Å²) < 4.78 is 5.14. The zero-order valence-corrected chi connectivity index (χ0v) is 22.7. The van der Waals surface area contributed by atoms with Gasteiger partial charge in [0.05, 0.1) is 12.5 Å². The Balaban J connectivity index is 2.03. The van der Waals surface area contributed by atoms with E-state index in [1.165, 1.54) is 0 Å². The average Bonchev–Trinajstić information content (AvgIpc) is 2.91. The molecule has 0 fully saturated rings. The number of ether oxygens (including phenoxy) is 1. The van der Waals surface area contributed by atoms with Crippen molar-refractivity contribution >= 4 is 23.8 Å². The molecule has 4 unspecified atom stereocenters. The number of carboxylic acids is 1. The highest BCUT2D eigenvalue weighted by molar-refractivity contribution is 5.87. The SMILES string of the molecule is CCOC(=O)C(C)CC(Cc1ccc(-c2ccccc2)cc1)NC(=O)CCC(=O)NC(C(=O)O)C(C)CC. The molecule has 206 valence electrons. The third kappa shape index (κ3) is 10.00. The van der Waals surface area contributed by atoms with E-state index in [0.29, 0.717) is 19.3 Å². The van der Waals surface area contributed by atoms with Crippen molar-refractivity contribution < 1.29 is 29.0 Å². The lowest BCUT2D eigenvalue weighted by Crippen LogP contribution is -2.45. The molecule has 8 heteroatoms. The summed E-state index contributed by atoms with van der Waals surface area (Å²) in [5.41, 5.74) is 3.19. The minimum Gasteiger partial charge on any atom is -0.480 e. The maximum Gasteiger partial charge on any atom is 0.326 e. The molecule has 0 bridgehead atoms. The number of amides is 2. The van der Waals surface area contributed by atoms with E-state index in [9.17, 15) is 24.3 Å². The summed E-state index contributed by atoms with van der Waals surface area (Å²) in [6.45, 7) is 7.41. The summed E-state index contributed by atoms with van der Waals surface area (Å²) in [5.74, 6) is -2.89. The van der Waals surface area contributed by atoms with Crippen molar-refractivity contribution in [3.05, 3.63) is 60.2 Å². The molecule has 0 spiro atoms. The van der Waals surface area contributed by atoms with E-state index in [-0.39, 0.29) is 43.3 Å². The van der Waals surface area contributed by atoms with E-state index in [1.807, 2.05) is 61.5 Å². The van der Waals surface area contributed by atoms with Crippen LogP contribution in [0.15, 0.2) is 54.6 Å². The topological polar surface area (TPSA) is 122 Å². The third-order valence-corrected chi connectivity index (χ3v) is 6.61. The van der Waals surface area contributed by atoms with E-state index in [2.05, 4.69) is 10.6 Å². The molecule has 8 nitrogen and oxygen atoms in total. The van der Waals surface area contributed by atoms with E-state index in [1.54, 1.807) is 20.8 Å². The Bertz CT molecular complexity index is 1050. The predicted molar refractivity (Wildman–Crippen MR) is 146 cm³/mol. The first kappa shape index (κ1) is 30.5. The quantitative estimate of drug-likeness (QED) is 0.298. The van der Waals surface area contributed by atoms with Crippen molar-refractivity contribution in [2.75, 3.05) is 6.61 Å². The molecule has 0 aromatic heterocycles. The second kappa shape index (κ2) is 15.5. The van der Waals surface area contributed by atoms with Gasteiger partial charge in [-0.2, -0.15) is 0 Å². The summed E-state index contributed by atoms with van der Waals surface area (Å²) in [5, 5.41) is 14.9. The second-order valence-electron chi connectivity index (χ2n) is 9.69. The van der Waals surface area contributed by atoms with Crippen LogP contribution in [0.25, 0.3) is 11.1 Å². The van der Waals surface area contributed by atoms with Crippen LogP contribution in [-0.2, 0) is 30.3 Å². The Labute approximate surface area is 225 Å². The van der Waals surface area contributed by atoms with Crippen molar-refractivity contribution in [1.29, 1.82) is 0 Å². The van der Waals surface area contributed by atoms with Crippen molar-refractivity contribution in [3.8, 4) is 11.1 Å². The number of carboxylic acid groups (broad SMARTS) is 1. The first-order valence-electron chi connectivity index (χ1n) is 13.3. The fourth-order valence-electron chi connectivity index (χ4n) is 4.20. The highest BCUT2D eigenvalue weighted by atomic mass is 16.5. The molecule has 2 rings (SSSR count). The van der Waals surface area contributed by atoms with Crippen LogP contribution in [-0.4, -0.2) is 47.6 Å². The minimum absolute atomic E-state index is 0.0874. The van der Waals surface area contributed by atoms with Gasteiger partial charge in [0.25, 0.3) is 0 Å². The van der Waals surface area contributed by atoms with Gasteiger partial charge in [0, 0.05) is 18.9 Å². The van der Waals surface area contributed by atoms with Crippen LogP contribution in [0, 0.1) is 11.8 Å². The van der Waals surface area contributed by atoms with Crippen molar-refractivity contribution in [2.24, 2.45) is 11.8 Å². The Kier molecular flexibility index (Phi) is 12.5. The van der Waals surface area contributed by atoms with Crippen LogP contribution in [0.1, 0.15) is 58.9 Å². The number of aliphatic carboxylic acids is 1. The second-order valence-corrected chi connectivity index (χ2v) is 9.69.